The number of benzene rings is 1. The first-order valence-electron chi connectivity index (χ1n) is 2.01. The van der Waals surface area contributed by atoms with Gasteiger partial charge in [0.25, 0.3) is 0 Å². The van der Waals surface area contributed by atoms with Gasteiger partial charge in [0, 0.05) is 0 Å². The average Bonchev–Trinajstić information content (AvgIpc) is 1.69. The minimum absolute atomic E-state index is 0. The number of hydrogen-bond acceptors (Lipinski definition) is 0. The van der Waals surface area contributed by atoms with Crippen LogP contribution in [-0.4, -0.2) is 0 Å². The summed E-state index contributed by atoms with van der Waals surface area (Å²) in [5.41, 5.74) is 0. The van der Waals surface area contributed by atoms with Crippen molar-refractivity contribution in [3.8, 4) is 0 Å². The van der Waals surface area contributed by atoms with E-state index in [0.29, 0.717) is 0 Å². The monoisotopic (exact) mass is 266 g/mol. The molecule has 0 unspecified atom stereocenters. The molecule has 0 nitrogen and oxygen atoms in total. The van der Waals surface area contributed by atoms with Crippen molar-refractivity contribution in [3.05, 3.63) is 33.9 Å². The van der Waals surface area contributed by atoms with Crippen LogP contribution < -0.4 is 0 Å². The van der Waals surface area contributed by atoms with Gasteiger partial charge in [0.15, 0.2) is 0 Å². The normalized spacial score (nSPS) is 7.62. The fourth-order valence-electron chi connectivity index (χ4n) is 0.367. The quantitative estimate of drug-likeness (QED) is 0.383. The van der Waals surface area contributed by atoms with Gasteiger partial charge in [0.1, 0.15) is 0 Å². The van der Waals surface area contributed by atoms with E-state index >= 15 is 0 Å². The fraction of sp³-hybridized carbons (Fsp3) is 0. The molecule has 0 aliphatic rings. The Hall–Kier alpha value is 0.469. The summed E-state index contributed by atoms with van der Waals surface area (Å²) >= 11 is 2.26. The van der Waals surface area contributed by atoms with Gasteiger partial charge < -0.3 is 0 Å². The van der Waals surface area contributed by atoms with E-state index in [-0.39, 0.29) is 17.1 Å². The zero-order valence-electron chi connectivity index (χ0n) is 3.99. The average molecular weight is 267 g/mol. The third kappa shape index (κ3) is 2.70. The van der Waals surface area contributed by atoms with Crippen LogP contribution in [0.4, 0.5) is 0 Å². The molecule has 0 aliphatic carbocycles. The number of rotatable bonds is 0. The van der Waals surface area contributed by atoms with Gasteiger partial charge >= 0.3 is 17.1 Å². The Morgan fingerprint density at radius 2 is 1.75 bits per heavy atom. The molecular weight excluding hydrogens is 263 g/mol. The van der Waals surface area contributed by atoms with Crippen LogP contribution in [0.15, 0.2) is 24.3 Å². The molecule has 2 heteroatoms. The molecule has 0 amide bonds. The van der Waals surface area contributed by atoms with E-state index in [1.54, 1.807) is 0 Å². The van der Waals surface area contributed by atoms with Crippen molar-refractivity contribution in [2.45, 2.75) is 0 Å². The van der Waals surface area contributed by atoms with E-state index < -0.39 is 0 Å². The molecule has 46 valence electrons. The third-order valence-corrected chi connectivity index (χ3v) is 1.40. The Morgan fingerprint density at radius 1 is 1.25 bits per heavy atom. The summed E-state index contributed by atoms with van der Waals surface area (Å²) in [4.78, 5) is 0. The van der Waals surface area contributed by atoms with Crippen LogP contribution in [0, 0.1) is 9.64 Å². The smallest absolute Gasteiger partial charge is 0.184 e. The first-order chi connectivity index (χ1) is 3.39. The minimum Gasteiger partial charge on any atom is -0.184 e. The van der Waals surface area contributed by atoms with Gasteiger partial charge in [-0.25, -0.2) is 0 Å². The number of hydrogen-bond donors (Lipinski definition) is 0. The van der Waals surface area contributed by atoms with Gasteiger partial charge in [-0.3, -0.25) is 0 Å². The molecule has 0 radical (unpaired) electrons. The van der Waals surface area contributed by atoms with E-state index in [4.69, 9.17) is 0 Å². The Balaban J connectivity index is 0.000000490. The summed E-state index contributed by atoms with van der Waals surface area (Å²) < 4.78 is 1.26. The van der Waals surface area contributed by atoms with Gasteiger partial charge in [0.05, 0.1) is 0 Å². The van der Waals surface area contributed by atoms with E-state index in [1.807, 2.05) is 24.3 Å². The molecule has 0 aliphatic heterocycles. The van der Waals surface area contributed by atoms with Crippen LogP contribution in [0.5, 0.6) is 0 Å². The van der Waals surface area contributed by atoms with Crippen molar-refractivity contribution in [2.24, 2.45) is 0 Å². The minimum atomic E-state index is 0. The fourth-order valence-corrected chi connectivity index (χ4v) is 0.726. The standard InChI is InChI=1S/C6H4I.Cu/c7-6-4-2-1-3-5-6;/h2-5H;/q-1;+1. The van der Waals surface area contributed by atoms with E-state index in [2.05, 4.69) is 28.7 Å². The third-order valence-electron chi connectivity index (χ3n) is 0.678. The second-order valence-electron chi connectivity index (χ2n) is 1.22. The summed E-state index contributed by atoms with van der Waals surface area (Å²) in [7, 11) is 0. The van der Waals surface area contributed by atoms with E-state index in [1.165, 1.54) is 3.57 Å². The predicted molar refractivity (Wildman–Crippen MR) is 38.0 cm³/mol. The van der Waals surface area contributed by atoms with Gasteiger partial charge in [-0.15, -0.1) is 0 Å². The largest absolute Gasteiger partial charge is 1.00 e. The van der Waals surface area contributed by atoms with Crippen molar-refractivity contribution < 1.29 is 17.1 Å². The summed E-state index contributed by atoms with van der Waals surface area (Å²) in [6.07, 6.45) is 0. The van der Waals surface area contributed by atoms with Crippen molar-refractivity contribution in [2.75, 3.05) is 0 Å². The summed E-state index contributed by atoms with van der Waals surface area (Å²) in [6.45, 7) is 0. The molecule has 0 heterocycles. The molecule has 0 bridgehead atoms. The van der Waals surface area contributed by atoms with Crippen molar-refractivity contribution >= 4 is 22.6 Å². The molecule has 0 spiro atoms. The Kier molecular flexibility index (Phi) is 4.61. The maximum atomic E-state index is 2.93. The van der Waals surface area contributed by atoms with Crippen molar-refractivity contribution in [3.63, 3.8) is 0 Å². The van der Waals surface area contributed by atoms with Gasteiger partial charge in [-0.05, 0) is 0 Å². The summed E-state index contributed by atoms with van der Waals surface area (Å²) in [6, 6.07) is 10.8. The molecule has 0 atom stereocenters. The van der Waals surface area contributed by atoms with E-state index in [0.717, 1.165) is 0 Å². The van der Waals surface area contributed by atoms with Crippen LogP contribution in [0.25, 0.3) is 0 Å². The van der Waals surface area contributed by atoms with Crippen molar-refractivity contribution in [1.82, 2.24) is 0 Å². The molecule has 1 aromatic rings. The first-order valence-corrected chi connectivity index (χ1v) is 3.09. The van der Waals surface area contributed by atoms with E-state index in [9.17, 15) is 0 Å². The Labute approximate surface area is 73.3 Å². The van der Waals surface area contributed by atoms with Gasteiger partial charge in [0.2, 0.25) is 0 Å². The second-order valence-corrected chi connectivity index (χ2v) is 2.46. The molecule has 0 fully saturated rings. The molecule has 0 saturated heterocycles. The van der Waals surface area contributed by atoms with Gasteiger partial charge in [-0.1, -0.05) is 26.2 Å². The Morgan fingerprint density at radius 3 is 2.00 bits per heavy atom. The van der Waals surface area contributed by atoms with Crippen LogP contribution in [0.3, 0.4) is 0 Å². The molecule has 0 aromatic heterocycles. The molecule has 1 rings (SSSR count). The predicted octanol–water partition coefficient (Wildman–Crippen LogP) is 2.09. The zero-order valence-corrected chi connectivity index (χ0v) is 7.09. The molecule has 0 saturated carbocycles. The maximum absolute atomic E-state index is 2.93. The van der Waals surface area contributed by atoms with Crippen LogP contribution >= 0.6 is 22.6 Å². The molecule has 8 heavy (non-hydrogen) atoms. The Bertz CT molecular complexity index is 138. The maximum Gasteiger partial charge on any atom is 1.00 e. The topological polar surface area (TPSA) is 0 Å². The number of halogens is 1. The van der Waals surface area contributed by atoms with Crippen LogP contribution in [0.1, 0.15) is 0 Å². The SMILES string of the molecule is Ic1cc[c-]cc1.[Cu+]. The van der Waals surface area contributed by atoms with Gasteiger partial charge in [-0.2, -0.15) is 30.3 Å². The molecule has 0 N–H and O–H groups in total. The van der Waals surface area contributed by atoms with Crippen molar-refractivity contribution in [1.29, 1.82) is 0 Å². The van der Waals surface area contributed by atoms with Crippen LogP contribution in [0.2, 0.25) is 0 Å². The summed E-state index contributed by atoms with van der Waals surface area (Å²) in [5.74, 6) is 0. The molecule has 1 aromatic carbocycles. The first kappa shape index (κ1) is 8.47. The second kappa shape index (κ2) is 4.36. The summed E-state index contributed by atoms with van der Waals surface area (Å²) in [5, 5.41) is 0. The van der Waals surface area contributed by atoms with Crippen LogP contribution in [-0.2, 0) is 17.1 Å². The molecular formula is C6H4CuI. The zero-order chi connectivity index (χ0) is 5.11.